The average molecular weight is 562 g/mol. The molecule has 41 heavy (non-hydrogen) atoms. The molecule has 0 spiro atoms. The van der Waals surface area contributed by atoms with E-state index in [9.17, 15) is 4.79 Å². The van der Waals surface area contributed by atoms with Crippen molar-refractivity contribution in [1.29, 1.82) is 0 Å². The van der Waals surface area contributed by atoms with Gasteiger partial charge in [-0.15, -0.1) is 0 Å². The van der Waals surface area contributed by atoms with Crippen LogP contribution in [0.1, 0.15) is 24.3 Å². The Kier molecular flexibility index (Phi) is 6.77. The molecule has 3 aromatic heterocycles. The molecular weight excluding hydrogens is 526 g/mol. The first-order chi connectivity index (χ1) is 20.1. The van der Waals surface area contributed by atoms with Gasteiger partial charge in [-0.25, -0.2) is 19.8 Å². The largest absolute Gasteiger partial charge is 0.491 e. The molecule has 2 N–H and O–H groups in total. The van der Waals surface area contributed by atoms with Crippen LogP contribution in [-0.2, 0) is 18.3 Å². The first kappa shape index (κ1) is 25.9. The third kappa shape index (κ3) is 4.79. The molecule has 1 aromatic carbocycles. The Morgan fingerprint density at radius 1 is 1.10 bits per heavy atom. The van der Waals surface area contributed by atoms with Crippen LogP contribution < -0.4 is 26.2 Å². The number of furan rings is 1. The van der Waals surface area contributed by atoms with Crippen molar-refractivity contribution in [3.05, 3.63) is 64.6 Å². The second-order valence-corrected chi connectivity index (χ2v) is 10.7. The fraction of sp³-hybridized carbons (Fsp3) is 0.464. The molecule has 13 heteroatoms. The number of nitrogens with two attached hydrogens (primary N) is 1. The van der Waals surface area contributed by atoms with Gasteiger partial charge >= 0.3 is 5.69 Å². The number of anilines is 2. The van der Waals surface area contributed by atoms with Crippen molar-refractivity contribution in [3.63, 3.8) is 0 Å². The van der Waals surface area contributed by atoms with E-state index in [-0.39, 0.29) is 18.5 Å². The molecule has 0 aliphatic carbocycles. The van der Waals surface area contributed by atoms with Gasteiger partial charge in [-0.1, -0.05) is 0 Å². The summed E-state index contributed by atoms with van der Waals surface area (Å²) in [5.74, 6) is 8.82. The van der Waals surface area contributed by atoms with Crippen molar-refractivity contribution in [2.45, 2.75) is 25.5 Å². The van der Waals surface area contributed by atoms with Crippen LogP contribution in [0.3, 0.4) is 0 Å². The molecular formula is C28H35N9O4. The molecule has 0 amide bonds. The Balaban J connectivity index is 1.00. The molecule has 1 atom stereocenters. The van der Waals surface area contributed by atoms with Gasteiger partial charge in [0.25, 0.3) is 0 Å². The maximum atomic E-state index is 13.3. The molecule has 3 aliphatic heterocycles. The number of aromatic nitrogens is 4. The van der Waals surface area contributed by atoms with E-state index in [0.717, 1.165) is 57.9 Å². The molecule has 7 rings (SSSR count). The Hall–Kier alpha value is -4.07. The van der Waals surface area contributed by atoms with Crippen LogP contribution in [0.2, 0.25) is 0 Å². The van der Waals surface area contributed by atoms with Crippen LogP contribution in [0.15, 0.2) is 56.9 Å². The van der Waals surface area contributed by atoms with Crippen LogP contribution in [0, 0.1) is 0 Å². The highest BCUT2D eigenvalue weighted by Gasteiger charge is 2.31. The van der Waals surface area contributed by atoms with Gasteiger partial charge in [0.15, 0.2) is 11.6 Å². The van der Waals surface area contributed by atoms with Gasteiger partial charge < -0.3 is 18.8 Å². The lowest BCUT2D eigenvalue weighted by molar-refractivity contribution is 0.0679. The summed E-state index contributed by atoms with van der Waals surface area (Å²) < 4.78 is 22.2. The van der Waals surface area contributed by atoms with Crippen molar-refractivity contribution < 1.29 is 13.9 Å². The average Bonchev–Trinajstić information content (AvgIpc) is 3.81. The van der Waals surface area contributed by atoms with Gasteiger partial charge in [0, 0.05) is 58.6 Å². The Labute approximate surface area is 236 Å². The SMILES string of the molecule is Cn1c(=O)n(CCN2CCN(c3ccc(OCC4CCCO4)cc3)CC2)c2nc3c(n21)C(c1ccco1)=NCN3N. The highest BCUT2D eigenvalue weighted by Crippen LogP contribution is 2.27. The zero-order valence-electron chi connectivity index (χ0n) is 23.2. The number of imidazole rings is 1. The number of hydrazine groups is 1. The standard InChI is InChI=1S/C28H35N9O4/c1-32-28(38)35(27-31-26-25(37(27)32)24(30-19-36(26)29)23-5-3-17-40-23)15-12-33-10-13-34(14-11-33)20-6-8-21(9-7-20)41-18-22-4-2-16-39-22/h3,5-9,17,22H,2,4,10-16,18-19,29H2,1H3. The molecule has 1 unspecified atom stereocenters. The summed E-state index contributed by atoms with van der Waals surface area (Å²) >= 11 is 0. The number of ether oxygens (including phenoxy) is 2. The Morgan fingerprint density at radius 2 is 1.93 bits per heavy atom. The van der Waals surface area contributed by atoms with Gasteiger partial charge in [0.05, 0.1) is 12.4 Å². The zero-order chi connectivity index (χ0) is 27.9. The second-order valence-electron chi connectivity index (χ2n) is 10.7. The van der Waals surface area contributed by atoms with E-state index in [0.29, 0.717) is 41.9 Å². The van der Waals surface area contributed by atoms with E-state index in [2.05, 4.69) is 26.9 Å². The topological polar surface area (TPSA) is 124 Å². The lowest BCUT2D eigenvalue weighted by Crippen LogP contribution is -2.47. The van der Waals surface area contributed by atoms with Crippen LogP contribution in [0.5, 0.6) is 5.75 Å². The summed E-state index contributed by atoms with van der Waals surface area (Å²) in [5, 5.41) is 1.49. The monoisotopic (exact) mass is 561 g/mol. The lowest BCUT2D eigenvalue weighted by atomic mass is 10.2. The number of nitrogens with zero attached hydrogens (tertiary/aromatic N) is 8. The number of rotatable bonds is 8. The predicted octanol–water partition coefficient (Wildman–Crippen LogP) is 1.30. The molecule has 216 valence electrons. The van der Waals surface area contributed by atoms with Crippen LogP contribution in [0.25, 0.3) is 5.78 Å². The maximum Gasteiger partial charge on any atom is 0.345 e. The summed E-state index contributed by atoms with van der Waals surface area (Å²) in [6.45, 7) is 6.62. The van der Waals surface area contributed by atoms with Crippen LogP contribution in [0.4, 0.5) is 11.5 Å². The highest BCUT2D eigenvalue weighted by atomic mass is 16.5. The number of aryl methyl sites for hydroxylation is 1. The van der Waals surface area contributed by atoms with Crippen LogP contribution >= 0.6 is 0 Å². The normalized spacial score (nSPS) is 19.7. The molecule has 2 saturated heterocycles. The smallest absolute Gasteiger partial charge is 0.345 e. The maximum absolute atomic E-state index is 13.3. The fourth-order valence-electron chi connectivity index (χ4n) is 5.88. The van der Waals surface area contributed by atoms with Crippen molar-refractivity contribution in [2.24, 2.45) is 17.9 Å². The third-order valence-electron chi connectivity index (χ3n) is 8.17. The van der Waals surface area contributed by atoms with E-state index < -0.39 is 0 Å². The molecule has 0 radical (unpaired) electrons. The van der Waals surface area contributed by atoms with E-state index in [1.54, 1.807) is 27.1 Å². The molecule has 0 bridgehead atoms. The number of aliphatic imine (C=N–C) groups is 1. The second kappa shape index (κ2) is 10.7. The fourth-order valence-corrected chi connectivity index (χ4v) is 5.88. The molecule has 13 nitrogen and oxygen atoms in total. The van der Waals surface area contributed by atoms with E-state index in [1.165, 1.54) is 10.7 Å². The molecule has 2 fully saturated rings. The van der Waals surface area contributed by atoms with Gasteiger partial charge in [-0.2, -0.15) is 4.98 Å². The summed E-state index contributed by atoms with van der Waals surface area (Å²) in [6, 6.07) is 12.0. The first-order valence-electron chi connectivity index (χ1n) is 14.2. The van der Waals surface area contributed by atoms with Crippen molar-refractivity contribution in [1.82, 2.24) is 23.6 Å². The van der Waals surface area contributed by atoms with Gasteiger partial charge in [-0.05, 0) is 49.2 Å². The molecule has 3 aliphatic rings. The van der Waals surface area contributed by atoms with E-state index in [4.69, 9.17) is 24.7 Å². The molecule has 4 aromatic rings. The summed E-state index contributed by atoms with van der Waals surface area (Å²) in [4.78, 5) is 27.4. The minimum atomic E-state index is -0.135. The zero-order valence-corrected chi connectivity index (χ0v) is 23.2. The Morgan fingerprint density at radius 3 is 2.66 bits per heavy atom. The molecule has 0 saturated carbocycles. The highest BCUT2D eigenvalue weighted by molar-refractivity contribution is 6.14. The Bertz CT molecular complexity index is 1590. The minimum Gasteiger partial charge on any atom is -0.491 e. The first-order valence-corrected chi connectivity index (χ1v) is 14.2. The van der Waals surface area contributed by atoms with Crippen molar-refractivity contribution >= 4 is 23.0 Å². The van der Waals surface area contributed by atoms with Crippen molar-refractivity contribution in [2.75, 3.05) is 62.5 Å². The van der Waals surface area contributed by atoms with Crippen LogP contribution in [-0.4, -0.2) is 88.1 Å². The molecule has 6 heterocycles. The van der Waals surface area contributed by atoms with E-state index in [1.807, 2.05) is 24.3 Å². The number of benzene rings is 1. The van der Waals surface area contributed by atoms with Crippen molar-refractivity contribution in [3.8, 4) is 5.75 Å². The predicted molar refractivity (Wildman–Crippen MR) is 154 cm³/mol. The van der Waals surface area contributed by atoms with Gasteiger partial charge in [0.1, 0.15) is 30.4 Å². The van der Waals surface area contributed by atoms with Gasteiger partial charge in [0.2, 0.25) is 5.78 Å². The number of fused-ring (bicyclic) bond motifs is 3. The summed E-state index contributed by atoms with van der Waals surface area (Å²) in [6.07, 6.45) is 4.01. The number of hydrogen-bond acceptors (Lipinski definition) is 10. The number of hydrogen-bond donors (Lipinski definition) is 1. The van der Waals surface area contributed by atoms with E-state index >= 15 is 0 Å². The van der Waals surface area contributed by atoms with Gasteiger partial charge in [-0.3, -0.25) is 19.5 Å². The minimum absolute atomic E-state index is 0.135. The lowest BCUT2D eigenvalue weighted by Gasteiger charge is -2.36. The summed E-state index contributed by atoms with van der Waals surface area (Å²) in [7, 11) is 1.74. The summed E-state index contributed by atoms with van der Waals surface area (Å²) in [5.41, 5.74) is 2.34. The third-order valence-corrected chi connectivity index (χ3v) is 8.17. The quantitative estimate of drug-likeness (QED) is 0.317. The number of piperazine rings is 1.